The first-order valence-electron chi connectivity index (χ1n) is 6.47. The van der Waals surface area contributed by atoms with Crippen molar-refractivity contribution in [2.24, 2.45) is 5.92 Å². The summed E-state index contributed by atoms with van der Waals surface area (Å²) in [5.74, 6) is -0.954. The molecule has 1 aliphatic heterocycles. The van der Waals surface area contributed by atoms with Crippen LogP contribution in [0.1, 0.15) is 25.3 Å². The first-order chi connectivity index (χ1) is 9.44. The molecule has 9 heteroatoms. The summed E-state index contributed by atoms with van der Waals surface area (Å²) in [6.07, 6.45) is 2.91. The molecule has 0 aromatic carbocycles. The van der Waals surface area contributed by atoms with E-state index < -0.39 is 22.1 Å². The summed E-state index contributed by atoms with van der Waals surface area (Å²) in [6.45, 7) is 2.32. The molecule has 0 saturated carbocycles. The van der Waals surface area contributed by atoms with Gasteiger partial charge in [-0.3, -0.25) is 14.6 Å². The van der Waals surface area contributed by atoms with E-state index in [-0.39, 0.29) is 13.1 Å². The van der Waals surface area contributed by atoms with Crippen LogP contribution in [0.3, 0.4) is 0 Å². The molecule has 0 amide bonds. The molecule has 0 unspecified atom stereocenters. The number of hydrogen-bond acceptors (Lipinski definition) is 4. The monoisotopic (exact) mass is 302 g/mol. The molecule has 3 N–H and O–H groups in total. The van der Waals surface area contributed by atoms with Crippen LogP contribution in [0.4, 0.5) is 5.82 Å². The molecule has 0 atom stereocenters. The number of carbonyl (C=O) groups is 1. The Morgan fingerprint density at radius 2 is 2.20 bits per heavy atom. The maximum absolute atomic E-state index is 12.2. The van der Waals surface area contributed by atoms with Crippen molar-refractivity contribution in [1.29, 1.82) is 0 Å². The molecule has 1 aliphatic rings. The van der Waals surface area contributed by atoms with E-state index in [1.54, 1.807) is 6.20 Å². The average molecular weight is 302 g/mol. The van der Waals surface area contributed by atoms with Gasteiger partial charge in [-0.25, -0.2) is 0 Å². The molecular formula is C11H18N4O4S. The van der Waals surface area contributed by atoms with Gasteiger partial charge in [-0.2, -0.15) is 17.8 Å². The fourth-order valence-electron chi connectivity index (χ4n) is 2.20. The second-order valence-corrected chi connectivity index (χ2v) is 6.41. The minimum Gasteiger partial charge on any atom is -0.481 e. The Morgan fingerprint density at radius 1 is 1.55 bits per heavy atom. The van der Waals surface area contributed by atoms with Crippen LogP contribution in [0.15, 0.2) is 6.20 Å². The molecule has 1 fully saturated rings. The van der Waals surface area contributed by atoms with Crippen LogP contribution in [0.5, 0.6) is 0 Å². The van der Waals surface area contributed by atoms with Crippen molar-refractivity contribution in [2.75, 3.05) is 17.8 Å². The van der Waals surface area contributed by atoms with Gasteiger partial charge in [-0.15, -0.1) is 0 Å². The molecule has 0 aliphatic carbocycles. The van der Waals surface area contributed by atoms with E-state index in [0.29, 0.717) is 25.1 Å². The summed E-state index contributed by atoms with van der Waals surface area (Å²) in [6, 6.07) is 0. The van der Waals surface area contributed by atoms with E-state index in [2.05, 4.69) is 14.9 Å². The maximum Gasteiger partial charge on any atom is 0.306 e. The molecule has 2 heterocycles. The molecule has 20 heavy (non-hydrogen) atoms. The van der Waals surface area contributed by atoms with E-state index >= 15 is 0 Å². The Hall–Kier alpha value is -1.61. The Kier molecular flexibility index (Phi) is 4.29. The summed E-state index contributed by atoms with van der Waals surface area (Å²) in [5, 5.41) is 15.3. The highest BCUT2D eigenvalue weighted by Gasteiger charge is 2.31. The molecule has 0 spiro atoms. The highest BCUT2D eigenvalue weighted by atomic mass is 32.2. The number of aliphatic carboxylic acids is 1. The van der Waals surface area contributed by atoms with Crippen LogP contribution in [0.25, 0.3) is 0 Å². The van der Waals surface area contributed by atoms with E-state index in [9.17, 15) is 13.2 Å². The zero-order valence-electron chi connectivity index (χ0n) is 11.2. The lowest BCUT2D eigenvalue weighted by molar-refractivity contribution is -0.142. The van der Waals surface area contributed by atoms with E-state index in [0.717, 1.165) is 5.56 Å². The summed E-state index contributed by atoms with van der Waals surface area (Å²) < 4.78 is 28.2. The molecule has 112 valence electrons. The van der Waals surface area contributed by atoms with Gasteiger partial charge in [0, 0.05) is 18.7 Å². The molecule has 1 aromatic heterocycles. The minimum absolute atomic E-state index is 0.210. The number of aromatic nitrogens is 2. The largest absolute Gasteiger partial charge is 0.481 e. The second-order valence-electron chi connectivity index (χ2n) is 4.74. The lowest BCUT2D eigenvalue weighted by Gasteiger charge is -2.29. The zero-order chi connectivity index (χ0) is 14.8. The molecule has 1 saturated heterocycles. The first kappa shape index (κ1) is 14.8. The van der Waals surface area contributed by atoms with Crippen molar-refractivity contribution >= 4 is 22.0 Å². The van der Waals surface area contributed by atoms with Gasteiger partial charge < -0.3 is 5.11 Å². The number of piperidine rings is 1. The number of hydrogen-bond donors (Lipinski definition) is 3. The van der Waals surface area contributed by atoms with Gasteiger partial charge in [0.2, 0.25) is 0 Å². The first-order valence-corrected chi connectivity index (χ1v) is 7.91. The number of rotatable bonds is 5. The number of anilines is 1. The average Bonchev–Trinajstić information content (AvgIpc) is 2.85. The van der Waals surface area contributed by atoms with Crippen LogP contribution >= 0.6 is 0 Å². The third-order valence-corrected chi connectivity index (χ3v) is 4.98. The molecular weight excluding hydrogens is 284 g/mol. The third kappa shape index (κ3) is 3.10. The number of aryl methyl sites for hydroxylation is 1. The topological polar surface area (TPSA) is 115 Å². The van der Waals surface area contributed by atoms with Gasteiger partial charge in [0.15, 0.2) is 0 Å². The lowest BCUT2D eigenvalue weighted by atomic mass is 9.99. The maximum atomic E-state index is 12.2. The number of nitrogens with zero attached hydrogens (tertiary/aromatic N) is 2. The van der Waals surface area contributed by atoms with Crippen molar-refractivity contribution in [2.45, 2.75) is 26.2 Å². The van der Waals surface area contributed by atoms with E-state index in [4.69, 9.17) is 5.11 Å². The molecule has 8 nitrogen and oxygen atoms in total. The number of H-pyrrole nitrogens is 1. The smallest absolute Gasteiger partial charge is 0.306 e. The van der Waals surface area contributed by atoms with Gasteiger partial charge in [-0.1, -0.05) is 6.92 Å². The van der Waals surface area contributed by atoms with Gasteiger partial charge in [0.1, 0.15) is 5.82 Å². The minimum atomic E-state index is -3.67. The van der Waals surface area contributed by atoms with E-state index in [1.807, 2.05) is 6.92 Å². The van der Waals surface area contributed by atoms with Gasteiger partial charge >= 0.3 is 16.2 Å². The summed E-state index contributed by atoms with van der Waals surface area (Å²) in [4.78, 5) is 10.9. The number of nitrogens with one attached hydrogen (secondary N) is 2. The van der Waals surface area contributed by atoms with Crippen molar-refractivity contribution in [3.8, 4) is 0 Å². The number of carboxylic acids is 1. The standard InChI is InChI=1S/C11H18N4O4S/c1-2-8-7-12-13-10(8)14-20(18,19)15-5-3-9(4-6-15)11(16)17/h7,9H,2-6H2,1H3,(H,16,17)(H2,12,13,14). The number of carboxylic acid groups (broad SMARTS) is 1. The molecule has 2 rings (SSSR count). The van der Waals surface area contributed by atoms with Gasteiger partial charge in [0.05, 0.1) is 12.1 Å². The van der Waals surface area contributed by atoms with Crippen molar-refractivity contribution in [1.82, 2.24) is 14.5 Å². The Balaban J connectivity index is 2.03. The van der Waals surface area contributed by atoms with Crippen LogP contribution in [0, 0.1) is 5.92 Å². The molecule has 1 aromatic rings. The zero-order valence-corrected chi connectivity index (χ0v) is 12.0. The Morgan fingerprint density at radius 3 is 2.75 bits per heavy atom. The Bertz CT molecular complexity index is 575. The van der Waals surface area contributed by atoms with Crippen LogP contribution in [-0.4, -0.2) is 47.1 Å². The molecule has 0 radical (unpaired) electrons. The predicted octanol–water partition coefficient (Wildman–Crippen LogP) is 0.425. The van der Waals surface area contributed by atoms with Crippen molar-refractivity contribution in [3.63, 3.8) is 0 Å². The summed E-state index contributed by atoms with van der Waals surface area (Å²) >= 11 is 0. The lowest BCUT2D eigenvalue weighted by Crippen LogP contribution is -2.43. The third-order valence-electron chi connectivity index (χ3n) is 3.47. The molecule has 0 bridgehead atoms. The van der Waals surface area contributed by atoms with Gasteiger partial charge in [0.25, 0.3) is 0 Å². The van der Waals surface area contributed by atoms with Crippen LogP contribution in [-0.2, 0) is 21.4 Å². The normalized spacial score (nSPS) is 18.1. The van der Waals surface area contributed by atoms with E-state index in [1.165, 1.54) is 4.31 Å². The highest BCUT2D eigenvalue weighted by Crippen LogP contribution is 2.21. The second kappa shape index (κ2) is 5.80. The van der Waals surface area contributed by atoms with Gasteiger partial charge in [-0.05, 0) is 19.3 Å². The summed E-state index contributed by atoms with van der Waals surface area (Å²) in [5.41, 5.74) is 0.786. The summed E-state index contributed by atoms with van der Waals surface area (Å²) in [7, 11) is -3.67. The Labute approximate surface area is 117 Å². The van der Waals surface area contributed by atoms with Crippen LogP contribution < -0.4 is 4.72 Å². The fourth-order valence-corrected chi connectivity index (χ4v) is 3.46. The quantitative estimate of drug-likeness (QED) is 0.729. The fraction of sp³-hybridized carbons (Fsp3) is 0.636. The number of aromatic amines is 1. The predicted molar refractivity (Wildman–Crippen MR) is 72.4 cm³/mol. The van der Waals surface area contributed by atoms with Crippen molar-refractivity contribution in [3.05, 3.63) is 11.8 Å². The van der Waals surface area contributed by atoms with Crippen molar-refractivity contribution < 1.29 is 18.3 Å². The highest BCUT2D eigenvalue weighted by molar-refractivity contribution is 7.90. The van der Waals surface area contributed by atoms with Crippen LogP contribution in [0.2, 0.25) is 0 Å². The SMILES string of the molecule is CCc1cn[nH]c1NS(=O)(=O)N1CCC(C(=O)O)CC1.